The summed E-state index contributed by atoms with van der Waals surface area (Å²) in [6.07, 6.45) is 4.35. The molecule has 5 heteroatoms. The van der Waals surface area contributed by atoms with Crippen molar-refractivity contribution >= 4 is 17.7 Å². The summed E-state index contributed by atoms with van der Waals surface area (Å²) in [6.45, 7) is 0. The summed E-state index contributed by atoms with van der Waals surface area (Å²) in [5, 5.41) is 10.4. The Labute approximate surface area is 68.1 Å². The summed E-state index contributed by atoms with van der Waals surface area (Å²) < 4.78 is 0. The van der Waals surface area contributed by atoms with Crippen molar-refractivity contribution in [2.24, 2.45) is 10.2 Å². The molecule has 2 unspecified atom stereocenters. The van der Waals surface area contributed by atoms with E-state index in [1.807, 2.05) is 0 Å². The zero-order valence-corrected chi connectivity index (χ0v) is 6.47. The van der Waals surface area contributed by atoms with Gasteiger partial charge in [-0.15, -0.1) is 11.8 Å². The van der Waals surface area contributed by atoms with Crippen molar-refractivity contribution in [2.45, 2.75) is 11.4 Å². The lowest BCUT2D eigenvalue weighted by Gasteiger charge is -2.26. The summed E-state index contributed by atoms with van der Waals surface area (Å²) in [4.78, 5) is 10.9. The quantitative estimate of drug-likeness (QED) is 0.566. The summed E-state index contributed by atoms with van der Waals surface area (Å²) >= 11 is 1.51. The summed E-state index contributed by atoms with van der Waals surface area (Å²) in [5.74, 6) is 0.542. The monoisotopic (exact) mass is 168 g/mol. The second-order valence-electron chi connectivity index (χ2n) is 2.31. The van der Waals surface area contributed by atoms with Crippen LogP contribution in [-0.4, -0.2) is 23.1 Å². The van der Waals surface area contributed by atoms with E-state index in [4.69, 9.17) is 0 Å². The van der Waals surface area contributed by atoms with Crippen molar-refractivity contribution in [3.05, 3.63) is 12.3 Å². The number of hydrogen-bond acceptors (Lipinski definition) is 4. The Kier molecular flexibility index (Phi) is 1.65. The van der Waals surface area contributed by atoms with E-state index in [-0.39, 0.29) is 17.3 Å². The Morgan fingerprint density at radius 3 is 3.64 bits per heavy atom. The fraction of sp³-hybridized carbons (Fsp3) is 0.500. The van der Waals surface area contributed by atoms with Crippen molar-refractivity contribution in [3.63, 3.8) is 0 Å². The van der Waals surface area contributed by atoms with Gasteiger partial charge < -0.3 is 5.32 Å². The maximum atomic E-state index is 10.9. The predicted molar refractivity (Wildman–Crippen MR) is 40.8 cm³/mol. The highest BCUT2D eigenvalue weighted by atomic mass is 32.2. The molecule has 2 heterocycles. The van der Waals surface area contributed by atoms with E-state index >= 15 is 0 Å². The van der Waals surface area contributed by atoms with E-state index in [0.29, 0.717) is 5.75 Å². The van der Waals surface area contributed by atoms with Gasteiger partial charge in [0.1, 0.15) is 11.6 Å². The first-order valence-electron chi connectivity index (χ1n) is 3.26. The largest absolute Gasteiger partial charge is 0.346 e. The molecule has 11 heavy (non-hydrogen) atoms. The minimum Gasteiger partial charge on any atom is -0.346 e. The van der Waals surface area contributed by atoms with Gasteiger partial charge in [-0.05, 0) is 6.08 Å². The lowest BCUT2D eigenvalue weighted by Crippen LogP contribution is -2.46. The minimum atomic E-state index is -0.00116. The smallest absolute Gasteiger partial charge is 0.230 e. The molecule has 0 aliphatic carbocycles. The molecule has 2 aliphatic heterocycles. The van der Waals surface area contributed by atoms with Crippen LogP contribution in [0.5, 0.6) is 0 Å². The van der Waals surface area contributed by atoms with Gasteiger partial charge in [0, 0.05) is 0 Å². The van der Waals surface area contributed by atoms with Crippen molar-refractivity contribution < 1.29 is 4.79 Å². The lowest BCUT2D eigenvalue weighted by atomic mass is 10.2. The van der Waals surface area contributed by atoms with Gasteiger partial charge in [-0.1, -0.05) is 0 Å². The topological polar surface area (TPSA) is 53.8 Å². The standard InChI is InChI=1S/C6H6N3OS/c10-5-3-11-6-4(8-5)1-2-7-9-6/h1,4,6H,3H2,(H,8,10). The van der Waals surface area contributed by atoms with Crippen LogP contribution in [0.2, 0.25) is 0 Å². The van der Waals surface area contributed by atoms with Crippen molar-refractivity contribution in [1.82, 2.24) is 5.32 Å². The van der Waals surface area contributed by atoms with E-state index in [9.17, 15) is 4.79 Å². The van der Waals surface area contributed by atoms with Gasteiger partial charge in [0.2, 0.25) is 5.91 Å². The van der Waals surface area contributed by atoms with Gasteiger partial charge in [-0.25, -0.2) is 0 Å². The molecule has 0 bridgehead atoms. The average Bonchev–Trinajstić information content (AvgIpc) is 2.04. The first-order chi connectivity index (χ1) is 5.36. The number of nitrogens with zero attached hydrogens (tertiary/aromatic N) is 2. The zero-order chi connectivity index (χ0) is 7.68. The van der Waals surface area contributed by atoms with Gasteiger partial charge in [-0.2, -0.15) is 10.2 Å². The number of nitrogens with one attached hydrogen (secondary N) is 1. The Morgan fingerprint density at radius 2 is 2.73 bits per heavy atom. The zero-order valence-electron chi connectivity index (χ0n) is 5.65. The molecule has 1 radical (unpaired) electrons. The molecule has 2 atom stereocenters. The van der Waals surface area contributed by atoms with Crippen LogP contribution in [0.4, 0.5) is 0 Å². The predicted octanol–water partition coefficient (Wildman–Crippen LogP) is 0.327. The number of thioether (sulfide) groups is 1. The fourth-order valence-corrected chi connectivity index (χ4v) is 1.87. The van der Waals surface area contributed by atoms with Crippen LogP contribution in [-0.2, 0) is 4.79 Å². The number of carbonyl (C=O) groups excluding carboxylic acids is 1. The molecule has 0 saturated carbocycles. The fourth-order valence-electron chi connectivity index (χ4n) is 0.997. The van der Waals surface area contributed by atoms with E-state index in [1.54, 1.807) is 6.08 Å². The van der Waals surface area contributed by atoms with E-state index in [0.717, 1.165) is 0 Å². The molecule has 0 spiro atoms. The lowest BCUT2D eigenvalue weighted by molar-refractivity contribution is -0.119. The van der Waals surface area contributed by atoms with Crippen molar-refractivity contribution in [3.8, 4) is 0 Å². The number of rotatable bonds is 0. The summed E-state index contributed by atoms with van der Waals surface area (Å²) in [7, 11) is 0. The van der Waals surface area contributed by atoms with Crippen LogP contribution in [0.25, 0.3) is 0 Å². The molecule has 2 aliphatic rings. The Balaban J connectivity index is 2.12. The van der Waals surface area contributed by atoms with Crippen LogP contribution in [0, 0.1) is 6.20 Å². The third-order valence-electron chi connectivity index (χ3n) is 1.50. The molecule has 0 aromatic rings. The Hall–Kier alpha value is -0.840. The average molecular weight is 168 g/mol. The van der Waals surface area contributed by atoms with Crippen LogP contribution in [0.3, 0.4) is 0 Å². The third kappa shape index (κ3) is 1.28. The van der Waals surface area contributed by atoms with Gasteiger partial charge in [0.25, 0.3) is 0 Å². The van der Waals surface area contributed by atoms with Crippen LogP contribution >= 0.6 is 11.8 Å². The number of hydrogen-bond donors (Lipinski definition) is 1. The van der Waals surface area contributed by atoms with Gasteiger partial charge in [0.15, 0.2) is 0 Å². The van der Waals surface area contributed by atoms with Gasteiger partial charge in [-0.3, -0.25) is 4.79 Å². The highest BCUT2D eigenvalue weighted by Crippen LogP contribution is 2.23. The van der Waals surface area contributed by atoms with Crippen LogP contribution in [0.1, 0.15) is 0 Å². The molecule has 0 aromatic carbocycles. The number of carbonyl (C=O) groups is 1. The van der Waals surface area contributed by atoms with Crippen LogP contribution in [0.15, 0.2) is 16.3 Å². The third-order valence-corrected chi connectivity index (χ3v) is 2.66. The second kappa shape index (κ2) is 2.65. The molecule has 1 N–H and O–H groups in total. The molecule has 1 saturated heterocycles. The highest BCUT2D eigenvalue weighted by Gasteiger charge is 2.28. The maximum Gasteiger partial charge on any atom is 0.230 e. The first kappa shape index (κ1) is 6.84. The Morgan fingerprint density at radius 1 is 1.82 bits per heavy atom. The molecule has 0 aromatic heterocycles. The van der Waals surface area contributed by atoms with Gasteiger partial charge >= 0.3 is 0 Å². The Bertz CT molecular complexity index is 238. The van der Waals surface area contributed by atoms with Gasteiger partial charge in [0.05, 0.1) is 11.8 Å². The molecule has 2 rings (SSSR count). The normalized spacial score (nSPS) is 34.7. The minimum absolute atomic E-state index is 0.00116. The summed E-state index contributed by atoms with van der Waals surface area (Å²) in [5.41, 5.74) is 0. The number of amides is 1. The maximum absolute atomic E-state index is 10.9. The molecule has 4 nitrogen and oxygen atoms in total. The number of azo groups is 1. The summed E-state index contributed by atoms with van der Waals surface area (Å²) in [6, 6.07) is -0.00116. The van der Waals surface area contributed by atoms with Crippen molar-refractivity contribution in [1.29, 1.82) is 0 Å². The molecule has 1 fully saturated rings. The highest BCUT2D eigenvalue weighted by molar-refractivity contribution is 8.00. The molecule has 1 amide bonds. The van der Waals surface area contributed by atoms with E-state index < -0.39 is 0 Å². The second-order valence-corrected chi connectivity index (χ2v) is 3.41. The van der Waals surface area contributed by atoms with Crippen molar-refractivity contribution in [2.75, 3.05) is 5.75 Å². The van der Waals surface area contributed by atoms with E-state index in [2.05, 4.69) is 21.7 Å². The molecule has 57 valence electrons. The van der Waals surface area contributed by atoms with E-state index in [1.165, 1.54) is 11.8 Å². The number of fused-ring (bicyclic) bond motifs is 1. The first-order valence-corrected chi connectivity index (χ1v) is 4.31. The SMILES string of the molecule is O=C1CSC2N=N[C]=CC2N1. The van der Waals surface area contributed by atoms with Crippen LogP contribution < -0.4 is 5.32 Å². The molecular formula is C6H6N3OS. The molecular weight excluding hydrogens is 162 g/mol.